The van der Waals surface area contributed by atoms with Crippen LogP contribution in [0.1, 0.15) is 21.9 Å². The van der Waals surface area contributed by atoms with Gasteiger partial charge in [0.25, 0.3) is 5.91 Å². The van der Waals surface area contributed by atoms with Gasteiger partial charge < -0.3 is 19.8 Å². The van der Waals surface area contributed by atoms with Gasteiger partial charge in [-0.05, 0) is 18.2 Å². The maximum absolute atomic E-state index is 13.1. The lowest BCUT2D eigenvalue weighted by Crippen LogP contribution is -2.24. The van der Waals surface area contributed by atoms with Crippen molar-refractivity contribution in [1.29, 1.82) is 0 Å². The predicted octanol–water partition coefficient (Wildman–Crippen LogP) is 4.04. The number of halogens is 3. The van der Waals surface area contributed by atoms with E-state index in [9.17, 15) is 18.0 Å². The van der Waals surface area contributed by atoms with E-state index in [-0.39, 0.29) is 17.9 Å². The van der Waals surface area contributed by atoms with Crippen LogP contribution in [-0.4, -0.2) is 30.1 Å². The van der Waals surface area contributed by atoms with Gasteiger partial charge in [0.1, 0.15) is 22.9 Å². The van der Waals surface area contributed by atoms with Gasteiger partial charge >= 0.3 is 6.18 Å². The number of hydrogen-bond acceptors (Lipinski definition) is 4. The van der Waals surface area contributed by atoms with Crippen molar-refractivity contribution in [3.8, 4) is 22.8 Å². The highest BCUT2D eigenvalue weighted by molar-refractivity contribution is 5.98. The van der Waals surface area contributed by atoms with E-state index in [2.05, 4.69) is 15.3 Å². The van der Waals surface area contributed by atoms with Crippen molar-refractivity contribution < 1.29 is 27.4 Å². The Morgan fingerprint density at radius 1 is 1.10 bits per heavy atom. The molecule has 0 aliphatic rings. The zero-order chi connectivity index (χ0) is 21.0. The first-order valence-electron chi connectivity index (χ1n) is 8.55. The second-order valence-corrected chi connectivity index (χ2v) is 6.03. The molecule has 1 amide bonds. The number of amides is 1. The molecule has 0 spiro atoms. The SMILES string of the molecule is COc1ccc(OC)c(CNC(=O)c2[nH]c(C(F)(F)F)nc2-c2ccccc2)c1. The molecule has 152 valence electrons. The van der Waals surface area contributed by atoms with Crippen LogP contribution in [0.25, 0.3) is 11.3 Å². The summed E-state index contributed by atoms with van der Waals surface area (Å²) in [5.74, 6) is -0.895. The Labute approximate surface area is 164 Å². The maximum atomic E-state index is 13.1. The maximum Gasteiger partial charge on any atom is 0.449 e. The van der Waals surface area contributed by atoms with Crippen molar-refractivity contribution in [1.82, 2.24) is 15.3 Å². The molecule has 2 N–H and O–H groups in total. The number of rotatable bonds is 6. The smallest absolute Gasteiger partial charge is 0.449 e. The number of nitrogens with zero attached hydrogens (tertiary/aromatic N) is 1. The van der Waals surface area contributed by atoms with Crippen LogP contribution >= 0.6 is 0 Å². The molecule has 0 aliphatic heterocycles. The molecule has 0 radical (unpaired) electrons. The Balaban J connectivity index is 1.90. The zero-order valence-corrected chi connectivity index (χ0v) is 15.6. The summed E-state index contributed by atoms with van der Waals surface area (Å²) in [5, 5.41) is 2.60. The fourth-order valence-corrected chi connectivity index (χ4v) is 2.76. The van der Waals surface area contributed by atoms with Crippen LogP contribution < -0.4 is 14.8 Å². The minimum atomic E-state index is -4.71. The second-order valence-electron chi connectivity index (χ2n) is 6.03. The number of benzene rings is 2. The standard InChI is InChI=1S/C20H18F3N3O3/c1-28-14-8-9-15(29-2)13(10-14)11-24-18(27)17-16(12-6-4-3-5-7-12)25-19(26-17)20(21,22)23/h3-10H,11H2,1-2H3,(H,24,27)(H,25,26). The number of aromatic amines is 1. The van der Waals surface area contributed by atoms with E-state index >= 15 is 0 Å². The molecule has 9 heteroatoms. The summed E-state index contributed by atoms with van der Waals surface area (Å²) < 4.78 is 49.8. The van der Waals surface area contributed by atoms with Gasteiger partial charge in [0.15, 0.2) is 0 Å². The van der Waals surface area contributed by atoms with Gasteiger partial charge in [0.2, 0.25) is 5.82 Å². The van der Waals surface area contributed by atoms with Crippen molar-refractivity contribution >= 4 is 5.91 Å². The number of hydrogen-bond donors (Lipinski definition) is 2. The van der Waals surface area contributed by atoms with E-state index in [0.29, 0.717) is 22.6 Å². The van der Waals surface area contributed by atoms with Crippen LogP contribution in [0.15, 0.2) is 48.5 Å². The van der Waals surface area contributed by atoms with E-state index in [1.54, 1.807) is 48.5 Å². The molecule has 0 fully saturated rings. The highest BCUT2D eigenvalue weighted by Crippen LogP contribution is 2.31. The van der Waals surface area contributed by atoms with Crippen LogP contribution in [0.3, 0.4) is 0 Å². The first kappa shape index (κ1) is 20.2. The number of H-pyrrole nitrogens is 1. The highest BCUT2D eigenvalue weighted by atomic mass is 19.4. The summed E-state index contributed by atoms with van der Waals surface area (Å²) in [6, 6.07) is 13.2. The molecule has 1 heterocycles. The van der Waals surface area contributed by atoms with Crippen molar-refractivity contribution in [3.63, 3.8) is 0 Å². The molecule has 3 rings (SSSR count). The summed E-state index contributed by atoms with van der Waals surface area (Å²) >= 11 is 0. The number of methoxy groups -OCH3 is 2. The number of imidazole rings is 1. The molecule has 3 aromatic rings. The molecule has 6 nitrogen and oxygen atoms in total. The second kappa shape index (κ2) is 8.26. The van der Waals surface area contributed by atoms with Crippen molar-refractivity contribution in [2.75, 3.05) is 14.2 Å². The van der Waals surface area contributed by atoms with Crippen LogP contribution in [0.2, 0.25) is 0 Å². The predicted molar refractivity (Wildman–Crippen MR) is 99.7 cm³/mol. The molecular formula is C20H18F3N3O3. The number of carbonyl (C=O) groups excluding carboxylic acids is 1. The molecule has 1 aromatic heterocycles. The Hall–Kier alpha value is -3.49. The monoisotopic (exact) mass is 405 g/mol. The fraction of sp³-hybridized carbons (Fsp3) is 0.200. The zero-order valence-electron chi connectivity index (χ0n) is 15.6. The lowest BCUT2D eigenvalue weighted by atomic mass is 10.1. The van der Waals surface area contributed by atoms with E-state index in [4.69, 9.17) is 9.47 Å². The van der Waals surface area contributed by atoms with Gasteiger partial charge in [-0.1, -0.05) is 30.3 Å². The van der Waals surface area contributed by atoms with Gasteiger partial charge in [-0.25, -0.2) is 4.98 Å². The lowest BCUT2D eigenvalue weighted by molar-refractivity contribution is -0.144. The molecule has 0 bridgehead atoms. The molecule has 0 saturated heterocycles. The number of alkyl halides is 3. The summed E-state index contributed by atoms with van der Waals surface area (Å²) in [7, 11) is 2.98. The average molecular weight is 405 g/mol. The van der Waals surface area contributed by atoms with Crippen LogP contribution in [0, 0.1) is 0 Å². The van der Waals surface area contributed by atoms with Gasteiger partial charge in [0, 0.05) is 17.7 Å². The topological polar surface area (TPSA) is 76.2 Å². The quantitative estimate of drug-likeness (QED) is 0.649. The Kier molecular flexibility index (Phi) is 5.76. The Morgan fingerprint density at radius 2 is 1.83 bits per heavy atom. The normalized spacial score (nSPS) is 11.2. The van der Waals surface area contributed by atoms with Gasteiger partial charge in [-0.2, -0.15) is 13.2 Å². The summed E-state index contributed by atoms with van der Waals surface area (Å²) in [6.07, 6.45) is -4.71. The van der Waals surface area contributed by atoms with E-state index in [0.717, 1.165) is 0 Å². The minimum Gasteiger partial charge on any atom is -0.497 e. The molecule has 0 saturated carbocycles. The molecular weight excluding hydrogens is 387 g/mol. The first-order valence-corrected chi connectivity index (χ1v) is 8.55. The van der Waals surface area contributed by atoms with Gasteiger partial charge in [-0.15, -0.1) is 0 Å². The lowest BCUT2D eigenvalue weighted by Gasteiger charge is -2.11. The molecule has 0 unspecified atom stereocenters. The van der Waals surface area contributed by atoms with E-state index in [1.165, 1.54) is 14.2 Å². The summed E-state index contributed by atoms with van der Waals surface area (Å²) in [6.45, 7) is 0.0216. The van der Waals surface area contributed by atoms with E-state index < -0.39 is 17.9 Å². The number of ether oxygens (including phenoxy) is 2. The Morgan fingerprint density at radius 3 is 2.45 bits per heavy atom. The van der Waals surface area contributed by atoms with Crippen LogP contribution in [0.4, 0.5) is 13.2 Å². The minimum absolute atomic E-state index is 0.0216. The summed E-state index contributed by atoms with van der Waals surface area (Å²) in [5.41, 5.74) is 0.652. The van der Waals surface area contributed by atoms with Gasteiger partial charge in [0.05, 0.1) is 14.2 Å². The third kappa shape index (κ3) is 4.50. The van der Waals surface area contributed by atoms with E-state index in [1.807, 2.05) is 0 Å². The third-order valence-electron chi connectivity index (χ3n) is 4.17. The molecule has 0 aliphatic carbocycles. The largest absolute Gasteiger partial charge is 0.497 e. The highest BCUT2D eigenvalue weighted by Gasteiger charge is 2.37. The molecule has 0 atom stereocenters. The fourth-order valence-electron chi connectivity index (χ4n) is 2.76. The average Bonchev–Trinajstić information content (AvgIpc) is 3.18. The number of nitrogens with one attached hydrogen (secondary N) is 2. The molecule has 2 aromatic carbocycles. The third-order valence-corrected chi connectivity index (χ3v) is 4.17. The van der Waals surface area contributed by atoms with Crippen LogP contribution in [-0.2, 0) is 12.7 Å². The van der Waals surface area contributed by atoms with Crippen molar-refractivity contribution in [2.45, 2.75) is 12.7 Å². The van der Waals surface area contributed by atoms with Crippen molar-refractivity contribution in [3.05, 3.63) is 65.6 Å². The number of aromatic nitrogens is 2. The number of carbonyl (C=O) groups is 1. The van der Waals surface area contributed by atoms with Gasteiger partial charge in [-0.3, -0.25) is 4.79 Å². The Bertz CT molecular complexity index is 1000. The first-order chi connectivity index (χ1) is 13.8. The van der Waals surface area contributed by atoms with Crippen molar-refractivity contribution in [2.24, 2.45) is 0 Å². The van der Waals surface area contributed by atoms with Crippen LogP contribution in [0.5, 0.6) is 11.5 Å². The summed E-state index contributed by atoms with van der Waals surface area (Å²) in [4.78, 5) is 18.4. The molecule has 29 heavy (non-hydrogen) atoms.